The Morgan fingerprint density at radius 1 is 1.04 bits per heavy atom. The summed E-state index contributed by atoms with van der Waals surface area (Å²) in [5.41, 5.74) is -2.23. The molecular formula is C17H16ClF3O3S. The second kappa shape index (κ2) is 6.97. The second-order valence-corrected chi connectivity index (χ2v) is 8.51. The zero-order chi connectivity index (χ0) is 18.9. The third-order valence-electron chi connectivity index (χ3n) is 3.61. The third-order valence-corrected chi connectivity index (χ3v) is 5.64. The number of sulfone groups is 1. The molecule has 25 heavy (non-hydrogen) atoms. The van der Waals surface area contributed by atoms with Crippen LogP contribution in [0.1, 0.15) is 23.6 Å². The summed E-state index contributed by atoms with van der Waals surface area (Å²) in [6.45, 7) is 1.33. The summed E-state index contributed by atoms with van der Waals surface area (Å²) >= 11 is 5.76. The fourth-order valence-electron chi connectivity index (χ4n) is 2.46. The van der Waals surface area contributed by atoms with Gasteiger partial charge in [-0.3, -0.25) is 0 Å². The van der Waals surface area contributed by atoms with Gasteiger partial charge in [0.05, 0.1) is 17.1 Å². The number of hydrogen-bond donors (Lipinski definition) is 1. The summed E-state index contributed by atoms with van der Waals surface area (Å²) in [7, 11) is -3.86. The fourth-order valence-corrected chi connectivity index (χ4v) is 4.40. The van der Waals surface area contributed by atoms with Gasteiger partial charge in [0, 0.05) is 5.02 Å². The largest absolute Gasteiger partial charge is 0.416 e. The molecule has 3 nitrogen and oxygen atoms in total. The maximum absolute atomic E-state index is 12.7. The second-order valence-electron chi connectivity index (χ2n) is 6.01. The molecule has 0 spiro atoms. The molecule has 1 atom stereocenters. The van der Waals surface area contributed by atoms with Gasteiger partial charge < -0.3 is 5.11 Å². The number of alkyl halides is 3. The Kier molecular flexibility index (Phi) is 5.51. The van der Waals surface area contributed by atoms with Crippen LogP contribution in [0.3, 0.4) is 0 Å². The molecule has 0 heterocycles. The molecule has 0 bridgehead atoms. The van der Waals surface area contributed by atoms with Crippen LogP contribution in [0.15, 0.2) is 48.5 Å². The molecule has 0 radical (unpaired) electrons. The molecule has 0 aromatic heterocycles. The molecule has 0 aliphatic rings. The Balaban J connectivity index is 2.20. The summed E-state index contributed by atoms with van der Waals surface area (Å²) in [4.78, 5) is 0. The minimum Gasteiger partial charge on any atom is -0.384 e. The molecule has 0 amide bonds. The molecule has 0 saturated heterocycles. The summed E-state index contributed by atoms with van der Waals surface area (Å²) in [5.74, 6) is -1.22. The highest BCUT2D eigenvalue weighted by molar-refractivity contribution is 7.90. The zero-order valence-corrected chi connectivity index (χ0v) is 14.8. The summed E-state index contributed by atoms with van der Waals surface area (Å²) in [6.07, 6.45) is -4.55. The predicted molar refractivity (Wildman–Crippen MR) is 90.0 cm³/mol. The molecule has 0 fully saturated rings. The van der Waals surface area contributed by atoms with E-state index in [0.29, 0.717) is 10.6 Å². The van der Waals surface area contributed by atoms with E-state index in [9.17, 15) is 26.7 Å². The van der Waals surface area contributed by atoms with E-state index in [2.05, 4.69) is 0 Å². The van der Waals surface area contributed by atoms with Crippen molar-refractivity contribution in [2.24, 2.45) is 0 Å². The zero-order valence-electron chi connectivity index (χ0n) is 13.2. The van der Waals surface area contributed by atoms with Crippen molar-refractivity contribution in [3.8, 4) is 0 Å². The van der Waals surface area contributed by atoms with Crippen molar-refractivity contribution in [2.45, 2.75) is 24.5 Å². The monoisotopic (exact) mass is 392 g/mol. The van der Waals surface area contributed by atoms with E-state index in [1.807, 2.05) is 0 Å². The first kappa shape index (κ1) is 19.8. The van der Waals surface area contributed by atoms with Crippen LogP contribution in [0, 0.1) is 0 Å². The van der Waals surface area contributed by atoms with E-state index in [0.717, 1.165) is 18.2 Å². The normalized spacial score (nSPS) is 15.0. The Hall–Kier alpha value is -1.57. The van der Waals surface area contributed by atoms with Crippen molar-refractivity contribution in [3.63, 3.8) is 0 Å². The standard InChI is InChI=1S/C17H16ClF3O3S/c1-16(22,13-5-7-15(18)8-6-13)11-25(23,24)10-12-3-2-4-14(9-12)17(19,20)21/h2-9,22H,10-11H2,1H3/t16-/m0/s1. The Morgan fingerprint density at radius 3 is 2.20 bits per heavy atom. The number of hydrogen-bond acceptors (Lipinski definition) is 3. The Bertz CT molecular complexity index is 844. The fraction of sp³-hybridized carbons (Fsp3) is 0.294. The first-order chi connectivity index (χ1) is 11.4. The van der Waals surface area contributed by atoms with Crippen LogP contribution >= 0.6 is 11.6 Å². The molecular weight excluding hydrogens is 377 g/mol. The van der Waals surface area contributed by atoms with Crippen LogP contribution in [-0.4, -0.2) is 19.3 Å². The maximum atomic E-state index is 12.7. The van der Waals surface area contributed by atoms with Crippen molar-refractivity contribution in [1.82, 2.24) is 0 Å². The van der Waals surface area contributed by atoms with Gasteiger partial charge in [-0.05, 0) is 36.2 Å². The van der Waals surface area contributed by atoms with Crippen LogP contribution in [0.25, 0.3) is 0 Å². The van der Waals surface area contributed by atoms with Gasteiger partial charge in [0.15, 0.2) is 9.84 Å². The Morgan fingerprint density at radius 2 is 1.64 bits per heavy atom. The van der Waals surface area contributed by atoms with E-state index >= 15 is 0 Å². The van der Waals surface area contributed by atoms with Crippen molar-refractivity contribution >= 4 is 21.4 Å². The minimum atomic E-state index is -4.55. The highest BCUT2D eigenvalue weighted by Crippen LogP contribution is 2.30. The molecule has 2 rings (SSSR count). The number of benzene rings is 2. The first-order valence-electron chi connectivity index (χ1n) is 7.24. The SMILES string of the molecule is C[C@](O)(CS(=O)(=O)Cc1cccc(C(F)(F)F)c1)c1ccc(Cl)cc1. The van der Waals surface area contributed by atoms with E-state index in [1.54, 1.807) is 0 Å². The van der Waals surface area contributed by atoms with Crippen LogP contribution in [0.2, 0.25) is 5.02 Å². The highest BCUT2D eigenvalue weighted by atomic mass is 35.5. The minimum absolute atomic E-state index is 0.0155. The molecule has 0 unspecified atom stereocenters. The number of rotatable bonds is 5. The van der Waals surface area contributed by atoms with Gasteiger partial charge >= 0.3 is 6.18 Å². The lowest BCUT2D eigenvalue weighted by Crippen LogP contribution is -2.31. The van der Waals surface area contributed by atoms with Gasteiger partial charge in [0.25, 0.3) is 0 Å². The van der Waals surface area contributed by atoms with Gasteiger partial charge in [0.2, 0.25) is 0 Å². The lowest BCUT2D eigenvalue weighted by molar-refractivity contribution is -0.137. The smallest absolute Gasteiger partial charge is 0.384 e. The summed E-state index contributed by atoms with van der Waals surface area (Å²) < 4.78 is 62.9. The van der Waals surface area contributed by atoms with Crippen molar-refractivity contribution in [3.05, 3.63) is 70.2 Å². The van der Waals surface area contributed by atoms with Crippen LogP contribution in [-0.2, 0) is 27.4 Å². The van der Waals surface area contributed by atoms with Crippen molar-refractivity contribution in [2.75, 3.05) is 5.75 Å². The lowest BCUT2D eigenvalue weighted by Gasteiger charge is -2.24. The van der Waals surface area contributed by atoms with Crippen molar-refractivity contribution < 1.29 is 26.7 Å². The third kappa shape index (κ3) is 5.45. The average molecular weight is 393 g/mol. The maximum Gasteiger partial charge on any atom is 0.416 e. The molecule has 0 aliphatic heterocycles. The molecule has 0 aliphatic carbocycles. The number of aliphatic hydroxyl groups is 1. The summed E-state index contributed by atoms with van der Waals surface area (Å²) in [6, 6.07) is 10.2. The van der Waals surface area contributed by atoms with E-state index in [1.165, 1.54) is 37.3 Å². The van der Waals surface area contributed by atoms with E-state index in [4.69, 9.17) is 11.6 Å². The van der Waals surface area contributed by atoms with Crippen LogP contribution < -0.4 is 0 Å². The quantitative estimate of drug-likeness (QED) is 0.830. The van der Waals surface area contributed by atoms with E-state index < -0.39 is 38.7 Å². The van der Waals surface area contributed by atoms with Gasteiger partial charge in [-0.2, -0.15) is 13.2 Å². The molecule has 0 saturated carbocycles. The molecule has 1 N–H and O–H groups in total. The van der Waals surface area contributed by atoms with Gasteiger partial charge in [-0.15, -0.1) is 0 Å². The topological polar surface area (TPSA) is 54.4 Å². The first-order valence-corrected chi connectivity index (χ1v) is 9.44. The summed E-state index contributed by atoms with van der Waals surface area (Å²) in [5, 5.41) is 10.9. The van der Waals surface area contributed by atoms with Gasteiger partial charge in [0.1, 0.15) is 5.60 Å². The predicted octanol–water partition coefficient (Wildman–Crippen LogP) is 4.18. The van der Waals surface area contributed by atoms with Gasteiger partial charge in [-0.1, -0.05) is 41.9 Å². The van der Waals surface area contributed by atoms with E-state index in [-0.39, 0.29) is 5.56 Å². The number of halogens is 4. The van der Waals surface area contributed by atoms with Crippen molar-refractivity contribution in [1.29, 1.82) is 0 Å². The average Bonchev–Trinajstić information content (AvgIpc) is 2.45. The molecule has 2 aromatic rings. The van der Waals surface area contributed by atoms with Crippen LogP contribution in [0.5, 0.6) is 0 Å². The molecule has 2 aromatic carbocycles. The van der Waals surface area contributed by atoms with Gasteiger partial charge in [-0.25, -0.2) is 8.42 Å². The Labute approximate surface area is 149 Å². The van der Waals surface area contributed by atoms with Crippen LogP contribution in [0.4, 0.5) is 13.2 Å². The highest BCUT2D eigenvalue weighted by Gasteiger charge is 2.32. The molecule has 8 heteroatoms. The molecule has 136 valence electrons. The lowest BCUT2D eigenvalue weighted by atomic mass is 9.98.